The Morgan fingerprint density at radius 2 is 1.06 bits per heavy atom. The smallest absolute Gasteiger partial charge is 0.270 e. The highest BCUT2D eigenvalue weighted by atomic mass is 16.6. The summed E-state index contributed by atoms with van der Waals surface area (Å²) in [6.45, 7) is 0. The summed E-state index contributed by atoms with van der Waals surface area (Å²) in [6, 6.07) is 5.49. The topological polar surface area (TPSA) is 127 Å². The fraction of sp³-hybridized carbons (Fsp3) is 0.478. The molecular formula is C23H26N2O6. The minimum absolute atomic E-state index is 0.00850. The third-order valence-electron chi connectivity index (χ3n) is 6.80. The maximum atomic E-state index is 11.5. The summed E-state index contributed by atoms with van der Waals surface area (Å²) < 4.78 is 0. The molecule has 164 valence electrons. The Bertz CT molecular complexity index is 942. The number of nitrogens with zero attached hydrogens (tertiary/aromatic N) is 2. The van der Waals surface area contributed by atoms with Crippen LogP contribution in [0.3, 0.4) is 0 Å². The molecule has 0 aromatic heterocycles. The molecule has 8 nitrogen and oxygen atoms in total. The van der Waals surface area contributed by atoms with Crippen LogP contribution in [0.2, 0.25) is 0 Å². The van der Waals surface area contributed by atoms with Crippen molar-refractivity contribution in [2.45, 2.75) is 69.6 Å². The summed E-state index contributed by atoms with van der Waals surface area (Å²) >= 11 is 0. The predicted octanol–water partition coefficient (Wildman–Crippen LogP) is 5.82. The van der Waals surface area contributed by atoms with Gasteiger partial charge in [0.05, 0.1) is 9.85 Å². The lowest BCUT2D eigenvalue weighted by molar-refractivity contribution is -0.385. The van der Waals surface area contributed by atoms with Crippen molar-refractivity contribution >= 4 is 11.4 Å². The second-order valence-corrected chi connectivity index (χ2v) is 8.74. The van der Waals surface area contributed by atoms with Gasteiger partial charge < -0.3 is 10.2 Å². The first-order valence-corrected chi connectivity index (χ1v) is 10.9. The number of benzene rings is 2. The molecule has 0 bridgehead atoms. The van der Waals surface area contributed by atoms with Gasteiger partial charge in [0.1, 0.15) is 11.5 Å². The number of hydrogen-bond acceptors (Lipinski definition) is 6. The molecule has 2 aromatic carbocycles. The van der Waals surface area contributed by atoms with Crippen LogP contribution in [-0.2, 0) is 6.42 Å². The Kier molecular flexibility index (Phi) is 5.80. The van der Waals surface area contributed by atoms with Crippen molar-refractivity contribution in [2.24, 2.45) is 0 Å². The van der Waals surface area contributed by atoms with Crippen molar-refractivity contribution in [1.82, 2.24) is 0 Å². The largest absolute Gasteiger partial charge is 0.507 e. The van der Waals surface area contributed by atoms with Crippen LogP contribution in [0.15, 0.2) is 24.3 Å². The Balaban J connectivity index is 1.79. The molecule has 31 heavy (non-hydrogen) atoms. The average Bonchev–Trinajstić information content (AvgIpc) is 3.44. The SMILES string of the molecule is O=[N+]([O-])c1cc(Cc2cc([N+](=O)[O-])cc(C3CCCC3)c2O)c(O)c(C2CCCC2)c1. The summed E-state index contributed by atoms with van der Waals surface area (Å²) in [5.74, 6) is 0.106. The Labute approximate surface area is 179 Å². The van der Waals surface area contributed by atoms with Crippen molar-refractivity contribution < 1.29 is 20.1 Å². The normalized spacial score (nSPS) is 17.3. The van der Waals surface area contributed by atoms with E-state index in [9.17, 15) is 30.4 Å². The molecule has 2 fully saturated rings. The standard InChI is InChI=1S/C23H26N2O6/c26-22-16(10-18(24(28)29)12-20(22)14-5-1-2-6-14)9-17-11-19(25(30)31)13-21(23(17)27)15-7-3-4-8-15/h10-15,26-27H,1-9H2. The van der Waals surface area contributed by atoms with Gasteiger partial charge >= 0.3 is 0 Å². The van der Waals surface area contributed by atoms with Gasteiger partial charge in [-0.05, 0) is 37.5 Å². The lowest BCUT2D eigenvalue weighted by Gasteiger charge is -2.17. The van der Waals surface area contributed by atoms with Gasteiger partial charge in [0.2, 0.25) is 0 Å². The first-order chi connectivity index (χ1) is 14.8. The number of nitro groups is 2. The molecule has 0 spiro atoms. The van der Waals surface area contributed by atoms with Gasteiger partial charge in [0.25, 0.3) is 11.4 Å². The molecule has 8 heteroatoms. The molecule has 2 saturated carbocycles. The van der Waals surface area contributed by atoms with Gasteiger partial charge in [-0.3, -0.25) is 20.2 Å². The molecule has 0 unspecified atom stereocenters. The zero-order valence-electron chi connectivity index (χ0n) is 17.2. The van der Waals surface area contributed by atoms with E-state index in [1.165, 1.54) is 24.3 Å². The zero-order chi connectivity index (χ0) is 22.1. The monoisotopic (exact) mass is 426 g/mol. The second-order valence-electron chi connectivity index (χ2n) is 8.74. The molecule has 0 atom stereocenters. The van der Waals surface area contributed by atoms with Gasteiger partial charge in [-0.25, -0.2) is 0 Å². The van der Waals surface area contributed by atoms with E-state index in [-0.39, 0.29) is 41.1 Å². The van der Waals surface area contributed by atoms with E-state index in [4.69, 9.17) is 0 Å². The average molecular weight is 426 g/mol. The Hall–Kier alpha value is -3.16. The van der Waals surface area contributed by atoms with E-state index in [0.29, 0.717) is 22.3 Å². The highest BCUT2D eigenvalue weighted by Crippen LogP contribution is 2.45. The van der Waals surface area contributed by atoms with Crippen LogP contribution in [0, 0.1) is 20.2 Å². The van der Waals surface area contributed by atoms with E-state index in [1.54, 1.807) is 0 Å². The molecular weight excluding hydrogens is 400 g/mol. The first-order valence-electron chi connectivity index (χ1n) is 10.9. The van der Waals surface area contributed by atoms with E-state index >= 15 is 0 Å². The third-order valence-corrected chi connectivity index (χ3v) is 6.80. The van der Waals surface area contributed by atoms with Crippen LogP contribution in [0.25, 0.3) is 0 Å². The summed E-state index contributed by atoms with van der Waals surface area (Å²) in [5, 5.41) is 44.9. The second kappa shape index (κ2) is 8.53. The number of hydrogen-bond donors (Lipinski definition) is 2. The molecule has 2 aliphatic rings. The Morgan fingerprint density at radius 3 is 1.39 bits per heavy atom. The third kappa shape index (κ3) is 4.19. The van der Waals surface area contributed by atoms with E-state index in [0.717, 1.165) is 51.4 Å². The number of phenolic OH excluding ortho intramolecular Hbond substituents is 2. The van der Waals surface area contributed by atoms with E-state index in [1.807, 2.05) is 0 Å². The molecule has 0 saturated heterocycles. The number of phenols is 2. The number of non-ortho nitro benzene ring substituents is 2. The van der Waals surface area contributed by atoms with Crippen LogP contribution in [0.5, 0.6) is 11.5 Å². The van der Waals surface area contributed by atoms with Crippen molar-refractivity contribution in [1.29, 1.82) is 0 Å². The fourth-order valence-corrected chi connectivity index (χ4v) is 5.18. The highest BCUT2D eigenvalue weighted by molar-refractivity contribution is 5.57. The van der Waals surface area contributed by atoms with E-state index < -0.39 is 9.85 Å². The first kappa shape index (κ1) is 21.1. The lowest BCUT2D eigenvalue weighted by Crippen LogP contribution is -2.03. The summed E-state index contributed by atoms with van der Waals surface area (Å²) in [4.78, 5) is 22.0. The van der Waals surface area contributed by atoms with Crippen LogP contribution < -0.4 is 0 Å². The molecule has 2 aliphatic carbocycles. The molecule has 4 rings (SSSR count). The van der Waals surface area contributed by atoms with Gasteiger partial charge in [-0.1, -0.05) is 25.7 Å². The summed E-state index contributed by atoms with van der Waals surface area (Å²) in [5.41, 5.74) is 1.50. The molecule has 2 aromatic rings. The van der Waals surface area contributed by atoms with E-state index in [2.05, 4.69) is 0 Å². The van der Waals surface area contributed by atoms with Crippen LogP contribution >= 0.6 is 0 Å². The van der Waals surface area contributed by atoms with Gasteiger partial charge in [-0.2, -0.15) is 0 Å². The van der Waals surface area contributed by atoms with Crippen molar-refractivity contribution in [3.05, 3.63) is 66.7 Å². The maximum Gasteiger partial charge on any atom is 0.270 e. The van der Waals surface area contributed by atoms with Gasteiger partial charge in [-0.15, -0.1) is 0 Å². The summed E-state index contributed by atoms with van der Waals surface area (Å²) in [7, 11) is 0. The van der Waals surface area contributed by atoms with Gasteiger partial charge in [0, 0.05) is 52.9 Å². The fourth-order valence-electron chi connectivity index (χ4n) is 5.18. The number of nitro benzene ring substituents is 2. The van der Waals surface area contributed by atoms with Crippen molar-refractivity contribution in [3.63, 3.8) is 0 Å². The Morgan fingerprint density at radius 1 is 0.710 bits per heavy atom. The summed E-state index contributed by atoms with van der Waals surface area (Å²) in [6.07, 6.45) is 7.49. The zero-order valence-corrected chi connectivity index (χ0v) is 17.2. The molecule has 0 heterocycles. The van der Waals surface area contributed by atoms with Crippen LogP contribution in [0.1, 0.15) is 85.5 Å². The molecule has 2 N–H and O–H groups in total. The number of rotatable bonds is 6. The van der Waals surface area contributed by atoms with Gasteiger partial charge in [0.15, 0.2) is 0 Å². The predicted molar refractivity (Wildman–Crippen MR) is 115 cm³/mol. The molecule has 0 radical (unpaired) electrons. The van der Waals surface area contributed by atoms with Crippen LogP contribution in [0.4, 0.5) is 11.4 Å². The van der Waals surface area contributed by atoms with Crippen molar-refractivity contribution in [2.75, 3.05) is 0 Å². The minimum atomic E-state index is -0.487. The highest BCUT2D eigenvalue weighted by Gasteiger charge is 2.28. The lowest BCUT2D eigenvalue weighted by atomic mass is 9.89. The van der Waals surface area contributed by atoms with Crippen molar-refractivity contribution in [3.8, 4) is 11.5 Å². The minimum Gasteiger partial charge on any atom is -0.507 e. The van der Waals surface area contributed by atoms with Crippen LogP contribution in [-0.4, -0.2) is 20.1 Å². The molecule has 0 aliphatic heterocycles. The number of aromatic hydroxyl groups is 2. The molecule has 0 amide bonds. The maximum absolute atomic E-state index is 11.5. The quantitative estimate of drug-likeness (QED) is 0.442.